The molecule has 6 N–H and O–H groups in total. The van der Waals surface area contributed by atoms with Crippen LogP contribution in [-0.4, -0.2) is 68.5 Å². The smallest absolute Gasteiger partial charge is 0.305 e. The minimum atomic E-state index is -1.56. The summed E-state index contributed by atoms with van der Waals surface area (Å²) in [5.41, 5.74) is 0. The summed E-state index contributed by atoms with van der Waals surface area (Å²) >= 11 is 0. The lowest BCUT2D eigenvalue weighted by atomic mass is 9.99. The van der Waals surface area contributed by atoms with E-state index in [-0.39, 0.29) is 19.0 Å². The summed E-state index contributed by atoms with van der Waals surface area (Å²) in [5, 5.41) is 48.6. The van der Waals surface area contributed by atoms with Crippen LogP contribution in [0.3, 0.4) is 0 Å². The number of aliphatic hydroxyl groups excluding tert-OH is 4. The highest BCUT2D eigenvalue weighted by Gasteiger charge is 2.39. The third-order valence-corrected chi connectivity index (χ3v) is 2.49. The topological polar surface area (TPSA) is 130 Å². The first kappa shape index (κ1) is 15.6. The van der Waals surface area contributed by atoms with Crippen molar-refractivity contribution in [2.75, 3.05) is 6.54 Å². The fourth-order valence-electron chi connectivity index (χ4n) is 1.56. The van der Waals surface area contributed by atoms with E-state index in [1.807, 2.05) is 0 Å². The molecule has 1 fully saturated rings. The second-order valence-electron chi connectivity index (χ2n) is 3.65. The van der Waals surface area contributed by atoms with Crippen LogP contribution in [0.15, 0.2) is 0 Å². The van der Waals surface area contributed by atoms with Crippen molar-refractivity contribution in [3.8, 4) is 0 Å². The van der Waals surface area contributed by atoms with Crippen LogP contribution in [0.25, 0.3) is 0 Å². The van der Waals surface area contributed by atoms with Gasteiger partial charge in [-0.3, -0.25) is 4.79 Å². The lowest BCUT2D eigenvalue weighted by molar-refractivity contribution is -0.139. The number of carboxylic acid groups (broad SMARTS) is 1. The van der Waals surface area contributed by atoms with Crippen molar-refractivity contribution in [2.24, 2.45) is 0 Å². The average molecular weight is 258 g/mol. The Morgan fingerprint density at radius 3 is 2.19 bits per heavy atom. The molecule has 96 valence electrons. The zero-order chi connectivity index (χ0) is 11.6. The van der Waals surface area contributed by atoms with Gasteiger partial charge < -0.3 is 30.8 Å². The molecule has 0 saturated carbocycles. The maximum Gasteiger partial charge on any atom is 0.305 e. The number of halogens is 1. The van der Waals surface area contributed by atoms with Gasteiger partial charge in [-0.25, -0.2) is 0 Å². The molecule has 16 heavy (non-hydrogen) atoms. The standard InChI is InChI=1S/C8H15NO6.ClH/c10-4-2-9-3(1-5(11)12)6(13)8(15)7(4)14;/h3-4,6-10,13-15H,1-2H2,(H,11,12);1H/t3-,4-,6-,7-,8+;/m0./s1. The number of carbonyl (C=O) groups is 1. The fourth-order valence-corrected chi connectivity index (χ4v) is 1.56. The first-order valence-corrected chi connectivity index (χ1v) is 4.61. The van der Waals surface area contributed by atoms with Crippen molar-refractivity contribution in [2.45, 2.75) is 36.9 Å². The SMILES string of the molecule is Cl.O=C(O)C[C@@H]1NC[C@H](O)[C@H](O)[C@H](O)[C@H]1O. The maximum absolute atomic E-state index is 10.4. The second-order valence-corrected chi connectivity index (χ2v) is 3.65. The number of aliphatic carboxylic acids is 1. The molecule has 0 amide bonds. The van der Waals surface area contributed by atoms with Crippen LogP contribution in [0.4, 0.5) is 0 Å². The van der Waals surface area contributed by atoms with Gasteiger partial charge in [0.15, 0.2) is 0 Å². The molecule has 1 heterocycles. The Labute approximate surface area is 98.1 Å². The lowest BCUT2D eigenvalue weighted by Gasteiger charge is -2.25. The molecule has 0 aliphatic carbocycles. The van der Waals surface area contributed by atoms with E-state index >= 15 is 0 Å². The van der Waals surface area contributed by atoms with Gasteiger partial charge in [-0.15, -0.1) is 12.4 Å². The molecule has 0 aromatic rings. The van der Waals surface area contributed by atoms with Crippen molar-refractivity contribution in [3.63, 3.8) is 0 Å². The Hall–Kier alpha value is -0.440. The van der Waals surface area contributed by atoms with Crippen molar-refractivity contribution in [1.82, 2.24) is 5.32 Å². The van der Waals surface area contributed by atoms with Crippen LogP contribution in [0.5, 0.6) is 0 Å². The normalized spacial score (nSPS) is 39.6. The lowest BCUT2D eigenvalue weighted by Crippen LogP contribution is -2.48. The predicted octanol–water partition coefficient (Wildman–Crippen LogP) is -2.70. The summed E-state index contributed by atoms with van der Waals surface area (Å²) in [4.78, 5) is 10.4. The van der Waals surface area contributed by atoms with Gasteiger partial charge in [0, 0.05) is 12.6 Å². The summed E-state index contributed by atoms with van der Waals surface area (Å²) in [6.45, 7) is -0.0762. The quantitative estimate of drug-likeness (QED) is 0.317. The largest absolute Gasteiger partial charge is 0.481 e. The third-order valence-electron chi connectivity index (χ3n) is 2.49. The minimum absolute atomic E-state index is 0. The summed E-state index contributed by atoms with van der Waals surface area (Å²) in [7, 11) is 0. The van der Waals surface area contributed by atoms with Crippen LogP contribution in [0.2, 0.25) is 0 Å². The molecule has 0 radical (unpaired) electrons. The maximum atomic E-state index is 10.4. The van der Waals surface area contributed by atoms with Gasteiger partial charge in [0.2, 0.25) is 0 Å². The van der Waals surface area contributed by atoms with Crippen molar-refractivity contribution >= 4 is 18.4 Å². The first-order valence-electron chi connectivity index (χ1n) is 4.61. The summed E-state index contributed by atoms with van der Waals surface area (Å²) in [6, 6.07) is -0.885. The predicted molar refractivity (Wildman–Crippen MR) is 55.3 cm³/mol. The number of nitrogens with one attached hydrogen (secondary N) is 1. The minimum Gasteiger partial charge on any atom is -0.481 e. The van der Waals surface area contributed by atoms with E-state index in [9.17, 15) is 25.2 Å². The molecule has 1 rings (SSSR count). The molecule has 5 atom stereocenters. The van der Waals surface area contributed by atoms with Crippen LogP contribution < -0.4 is 5.32 Å². The molecule has 0 aromatic carbocycles. The Morgan fingerprint density at radius 2 is 1.69 bits per heavy atom. The average Bonchev–Trinajstić information content (AvgIpc) is 2.25. The molecule has 1 aliphatic heterocycles. The van der Waals surface area contributed by atoms with E-state index in [0.717, 1.165) is 0 Å². The van der Waals surface area contributed by atoms with E-state index < -0.39 is 42.8 Å². The number of hydrogen-bond donors (Lipinski definition) is 6. The van der Waals surface area contributed by atoms with Gasteiger partial charge in [-0.05, 0) is 0 Å². The van der Waals surface area contributed by atoms with E-state index in [0.29, 0.717) is 0 Å². The van der Waals surface area contributed by atoms with Crippen molar-refractivity contribution < 1.29 is 30.3 Å². The Balaban J connectivity index is 0.00000225. The van der Waals surface area contributed by atoms with E-state index in [2.05, 4.69) is 5.32 Å². The van der Waals surface area contributed by atoms with Crippen LogP contribution in [0, 0.1) is 0 Å². The highest BCUT2D eigenvalue weighted by Crippen LogP contribution is 2.14. The van der Waals surface area contributed by atoms with E-state index in [1.54, 1.807) is 0 Å². The number of carboxylic acids is 1. The van der Waals surface area contributed by atoms with Crippen LogP contribution in [0.1, 0.15) is 6.42 Å². The summed E-state index contributed by atoms with van der Waals surface area (Å²) < 4.78 is 0. The molecule has 8 heteroatoms. The van der Waals surface area contributed by atoms with E-state index in [1.165, 1.54) is 0 Å². The molecular formula is C8H16ClNO6. The summed E-state index contributed by atoms with van der Waals surface area (Å²) in [5.74, 6) is -1.13. The number of hydrogen-bond acceptors (Lipinski definition) is 6. The third kappa shape index (κ3) is 3.55. The van der Waals surface area contributed by atoms with Gasteiger partial charge >= 0.3 is 5.97 Å². The Morgan fingerprint density at radius 1 is 1.12 bits per heavy atom. The van der Waals surface area contributed by atoms with Crippen molar-refractivity contribution in [1.29, 1.82) is 0 Å². The molecule has 0 unspecified atom stereocenters. The molecule has 0 aromatic heterocycles. The van der Waals surface area contributed by atoms with Crippen LogP contribution in [-0.2, 0) is 4.79 Å². The highest BCUT2D eigenvalue weighted by atomic mass is 35.5. The van der Waals surface area contributed by atoms with Crippen molar-refractivity contribution in [3.05, 3.63) is 0 Å². The molecule has 7 nitrogen and oxygen atoms in total. The number of aliphatic hydroxyl groups is 4. The van der Waals surface area contributed by atoms with Gasteiger partial charge in [0.25, 0.3) is 0 Å². The Bertz CT molecular complexity index is 241. The van der Waals surface area contributed by atoms with Gasteiger partial charge in [0.1, 0.15) is 12.2 Å². The summed E-state index contributed by atoms with van der Waals surface area (Å²) in [6.07, 6.45) is -6.08. The number of rotatable bonds is 2. The van der Waals surface area contributed by atoms with Gasteiger partial charge in [-0.1, -0.05) is 0 Å². The molecule has 0 bridgehead atoms. The Kier molecular flexibility index (Phi) is 6.16. The molecule has 1 saturated heterocycles. The van der Waals surface area contributed by atoms with E-state index in [4.69, 9.17) is 5.11 Å². The molecular weight excluding hydrogens is 242 g/mol. The molecule has 0 spiro atoms. The number of β-amino-alcohol motifs (C(OH)–C–C–N with tert-alkyl or cyclic N) is 1. The van der Waals surface area contributed by atoms with Crippen LogP contribution >= 0.6 is 12.4 Å². The molecule has 1 aliphatic rings. The fraction of sp³-hybridized carbons (Fsp3) is 0.875. The highest BCUT2D eigenvalue weighted by molar-refractivity contribution is 5.85. The zero-order valence-electron chi connectivity index (χ0n) is 8.35. The second kappa shape index (κ2) is 6.33. The van der Waals surface area contributed by atoms with Gasteiger partial charge in [0.05, 0.1) is 18.6 Å². The zero-order valence-corrected chi connectivity index (χ0v) is 9.17. The monoisotopic (exact) mass is 257 g/mol. The first-order chi connectivity index (χ1) is 6.93. The van der Waals surface area contributed by atoms with Gasteiger partial charge in [-0.2, -0.15) is 0 Å².